The SMILES string of the molecule is Cc1nnc(N)c(C(N)=O)c1C. The topological polar surface area (TPSA) is 94.9 Å². The minimum Gasteiger partial charge on any atom is -0.382 e. The first-order chi connectivity index (χ1) is 5.54. The lowest BCUT2D eigenvalue weighted by molar-refractivity contribution is 0.1000. The molecular weight excluding hydrogens is 156 g/mol. The van der Waals surface area contributed by atoms with Crippen LogP contribution in [0.15, 0.2) is 0 Å². The summed E-state index contributed by atoms with van der Waals surface area (Å²) in [6.07, 6.45) is 0. The maximum absolute atomic E-state index is 10.9. The van der Waals surface area contributed by atoms with Crippen LogP contribution in [-0.2, 0) is 0 Å². The van der Waals surface area contributed by atoms with Gasteiger partial charge in [0.1, 0.15) is 0 Å². The molecule has 0 aliphatic rings. The number of anilines is 1. The molecule has 12 heavy (non-hydrogen) atoms. The summed E-state index contributed by atoms with van der Waals surface area (Å²) in [5.41, 5.74) is 12.1. The van der Waals surface area contributed by atoms with Crippen molar-refractivity contribution in [3.8, 4) is 0 Å². The largest absolute Gasteiger partial charge is 0.382 e. The minimum atomic E-state index is -0.567. The Labute approximate surface area is 69.8 Å². The van der Waals surface area contributed by atoms with Crippen LogP contribution in [0, 0.1) is 13.8 Å². The number of rotatable bonds is 1. The fourth-order valence-corrected chi connectivity index (χ4v) is 0.938. The Morgan fingerprint density at radius 2 is 1.92 bits per heavy atom. The number of carbonyl (C=O) groups is 1. The van der Waals surface area contributed by atoms with Gasteiger partial charge in [0.15, 0.2) is 5.82 Å². The summed E-state index contributed by atoms with van der Waals surface area (Å²) in [4.78, 5) is 10.9. The highest BCUT2D eigenvalue weighted by Gasteiger charge is 2.12. The molecule has 0 unspecified atom stereocenters. The smallest absolute Gasteiger partial charge is 0.252 e. The fraction of sp³-hybridized carbons (Fsp3) is 0.286. The lowest BCUT2D eigenvalue weighted by Crippen LogP contribution is -2.17. The normalized spacial score (nSPS) is 9.83. The number of hydrogen-bond donors (Lipinski definition) is 2. The van der Waals surface area contributed by atoms with Gasteiger partial charge in [0.2, 0.25) is 0 Å². The Morgan fingerprint density at radius 3 is 2.33 bits per heavy atom. The van der Waals surface area contributed by atoms with Gasteiger partial charge in [0, 0.05) is 0 Å². The summed E-state index contributed by atoms with van der Waals surface area (Å²) in [7, 11) is 0. The molecule has 1 amide bonds. The number of carbonyl (C=O) groups excluding carboxylic acids is 1. The number of primary amides is 1. The number of hydrogen-bond acceptors (Lipinski definition) is 4. The number of nitrogen functional groups attached to an aromatic ring is 1. The molecule has 64 valence electrons. The van der Waals surface area contributed by atoms with E-state index in [2.05, 4.69) is 10.2 Å². The van der Waals surface area contributed by atoms with E-state index in [1.165, 1.54) is 0 Å². The van der Waals surface area contributed by atoms with Crippen molar-refractivity contribution < 1.29 is 4.79 Å². The van der Waals surface area contributed by atoms with Crippen molar-refractivity contribution >= 4 is 11.7 Å². The molecule has 5 nitrogen and oxygen atoms in total. The van der Waals surface area contributed by atoms with E-state index in [0.717, 1.165) is 0 Å². The van der Waals surface area contributed by atoms with Gasteiger partial charge in [0.05, 0.1) is 11.3 Å². The van der Waals surface area contributed by atoms with Gasteiger partial charge in [-0.15, -0.1) is 5.10 Å². The van der Waals surface area contributed by atoms with E-state index in [1.54, 1.807) is 13.8 Å². The Bertz CT molecular complexity index is 334. The van der Waals surface area contributed by atoms with E-state index >= 15 is 0 Å². The molecule has 0 radical (unpaired) electrons. The zero-order valence-electron chi connectivity index (χ0n) is 6.96. The number of nitrogens with zero attached hydrogens (tertiary/aromatic N) is 2. The van der Waals surface area contributed by atoms with Gasteiger partial charge in [-0.1, -0.05) is 0 Å². The van der Waals surface area contributed by atoms with E-state index in [0.29, 0.717) is 11.3 Å². The van der Waals surface area contributed by atoms with E-state index in [9.17, 15) is 4.79 Å². The summed E-state index contributed by atoms with van der Waals surface area (Å²) in [6.45, 7) is 3.48. The maximum Gasteiger partial charge on any atom is 0.252 e. The van der Waals surface area contributed by atoms with E-state index in [1.807, 2.05) is 0 Å². The third-order valence-corrected chi connectivity index (χ3v) is 1.73. The molecule has 0 spiro atoms. The van der Waals surface area contributed by atoms with Crippen molar-refractivity contribution in [1.82, 2.24) is 10.2 Å². The molecule has 0 aromatic carbocycles. The zero-order chi connectivity index (χ0) is 9.30. The van der Waals surface area contributed by atoms with Crippen LogP contribution in [0.3, 0.4) is 0 Å². The molecule has 4 N–H and O–H groups in total. The van der Waals surface area contributed by atoms with Crippen LogP contribution in [0.5, 0.6) is 0 Å². The molecule has 0 aliphatic carbocycles. The van der Waals surface area contributed by atoms with Crippen molar-refractivity contribution in [3.63, 3.8) is 0 Å². The molecule has 0 bridgehead atoms. The van der Waals surface area contributed by atoms with Crippen molar-refractivity contribution in [3.05, 3.63) is 16.8 Å². The van der Waals surface area contributed by atoms with Gasteiger partial charge >= 0.3 is 0 Å². The van der Waals surface area contributed by atoms with Gasteiger partial charge in [-0.25, -0.2) is 0 Å². The van der Waals surface area contributed by atoms with Gasteiger partial charge in [-0.2, -0.15) is 5.10 Å². The van der Waals surface area contributed by atoms with Gasteiger partial charge in [0.25, 0.3) is 5.91 Å². The molecule has 1 rings (SSSR count). The number of aromatic nitrogens is 2. The van der Waals surface area contributed by atoms with Crippen LogP contribution in [0.2, 0.25) is 0 Å². The molecule has 0 aliphatic heterocycles. The summed E-state index contributed by atoms with van der Waals surface area (Å²) in [6, 6.07) is 0. The average molecular weight is 166 g/mol. The zero-order valence-corrected chi connectivity index (χ0v) is 6.96. The van der Waals surface area contributed by atoms with Crippen molar-refractivity contribution in [2.75, 3.05) is 5.73 Å². The average Bonchev–Trinajstić information content (AvgIpc) is 1.97. The first-order valence-corrected chi connectivity index (χ1v) is 3.43. The van der Waals surface area contributed by atoms with Crippen LogP contribution in [0.25, 0.3) is 0 Å². The van der Waals surface area contributed by atoms with Crippen molar-refractivity contribution in [1.29, 1.82) is 0 Å². The molecule has 5 heteroatoms. The second-order valence-electron chi connectivity index (χ2n) is 2.53. The van der Waals surface area contributed by atoms with E-state index in [-0.39, 0.29) is 11.4 Å². The molecule has 0 atom stereocenters. The Hall–Kier alpha value is -1.65. The molecule has 1 aromatic rings. The summed E-state index contributed by atoms with van der Waals surface area (Å²) < 4.78 is 0. The predicted octanol–water partition coefficient (Wildman–Crippen LogP) is -0.225. The minimum absolute atomic E-state index is 0.0885. The van der Waals surface area contributed by atoms with Crippen LogP contribution in [0.1, 0.15) is 21.6 Å². The molecule has 0 saturated carbocycles. The van der Waals surface area contributed by atoms with Crippen LogP contribution >= 0.6 is 0 Å². The third kappa shape index (κ3) is 1.20. The molecule has 1 aromatic heterocycles. The van der Waals surface area contributed by atoms with E-state index in [4.69, 9.17) is 11.5 Å². The monoisotopic (exact) mass is 166 g/mol. The molecule has 0 fully saturated rings. The predicted molar refractivity (Wildman–Crippen MR) is 44.4 cm³/mol. The fourth-order valence-electron chi connectivity index (χ4n) is 0.938. The third-order valence-electron chi connectivity index (χ3n) is 1.73. The first-order valence-electron chi connectivity index (χ1n) is 3.43. The molecule has 0 saturated heterocycles. The molecular formula is C7H10N4O. The highest BCUT2D eigenvalue weighted by Crippen LogP contribution is 2.13. The standard InChI is InChI=1S/C7H10N4O/c1-3-4(2)10-11-6(8)5(3)7(9)12/h1-2H3,(H2,8,11)(H2,9,12). The van der Waals surface area contributed by atoms with Crippen LogP contribution in [-0.4, -0.2) is 16.1 Å². The van der Waals surface area contributed by atoms with E-state index < -0.39 is 5.91 Å². The summed E-state index contributed by atoms with van der Waals surface area (Å²) in [5.74, 6) is -0.478. The highest BCUT2D eigenvalue weighted by molar-refractivity contribution is 5.98. The summed E-state index contributed by atoms with van der Waals surface area (Å²) >= 11 is 0. The van der Waals surface area contributed by atoms with Gasteiger partial charge in [-0.3, -0.25) is 4.79 Å². The number of nitrogens with two attached hydrogens (primary N) is 2. The Kier molecular flexibility index (Phi) is 1.95. The van der Waals surface area contributed by atoms with Gasteiger partial charge < -0.3 is 11.5 Å². The quantitative estimate of drug-likeness (QED) is 0.602. The van der Waals surface area contributed by atoms with Crippen molar-refractivity contribution in [2.45, 2.75) is 13.8 Å². The Balaban J connectivity index is 3.43. The Morgan fingerprint density at radius 1 is 1.33 bits per heavy atom. The second kappa shape index (κ2) is 2.77. The van der Waals surface area contributed by atoms with Crippen LogP contribution < -0.4 is 11.5 Å². The van der Waals surface area contributed by atoms with Crippen LogP contribution in [0.4, 0.5) is 5.82 Å². The number of amides is 1. The molecule has 1 heterocycles. The second-order valence-corrected chi connectivity index (χ2v) is 2.53. The summed E-state index contributed by atoms with van der Waals surface area (Å²) in [5, 5.41) is 7.33. The first kappa shape index (κ1) is 8.45. The van der Waals surface area contributed by atoms with Crippen molar-refractivity contribution in [2.24, 2.45) is 5.73 Å². The highest BCUT2D eigenvalue weighted by atomic mass is 16.1. The lowest BCUT2D eigenvalue weighted by Gasteiger charge is -2.05. The maximum atomic E-state index is 10.9. The number of aryl methyl sites for hydroxylation is 1. The van der Waals surface area contributed by atoms with Gasteiger partial charge in [-0.05, 0) is 19.4 Å². The lowest BCUT2D eigenvalue weighted by atomic mass is 10.1.